The summed E-state index contributed by atoms with van der Waals surface area (Å²) in [6, 6.07) is 5.74. The van der Waals surface area contributed by atoms with Gasteiger partial charge in [-0.2, -0.15) is 0 Å². The van der Waals surface area contributed by atoms with Crippen molar-refractivity contribution < 1.29 is 0 Å². The molecule has 1 aromatic carbocycles. The van der Waals surface area contributed by atoms with Crippen LogP contribution in [0.2, 0.25) is 5.02 Å². The van der Waals surface area contributed by atoms with Gasteiger partial charge in [-0.05, 0) is 25.1 Å². The van der Waals surface area contributed by atoms with Crippen molar-refractivity contribution in [3.05, 3.63) is 28.0 Å². The highest BCUT2D eigenvalue weighted by Crippen LogP contribution is 2.21. The molecule has 0 fully saturated rings. The van der Waals surface area contributed by atoms with Gasteiger partial charge in [0.25, 0.3) is 0 Å². The maximum Gasteiger partial charge on any atom is 0.182 e. The molecule has 2 rings (SSSR count). The van der Waals surface area contributed by atoms with Crippen molar-refractivity contribution in [2.45, 2.75) is 13.5 Å². The molecule has 1 aromatic heterocycles. The summed E-state index contributed by atoms with van der Waals surface area (Å²) in [5, 5.41) is 8.44. The van der Waals surface area contributed by atoms with Crippen molar-refractivity contribution in [1.82, 2.24) is 4.57 Å². The third-order valence-corrected chi connectivity index (χ3v) is 3.18. The zero-order chi connectivity index (χ0) is 9.42. The van der Waals surface area contributed by atoms with Crippen LogP contribution < -0.4 is 4.80 Å². The summed E-state index contributed by atoms with van der Waals surface area (Å²) < 4.78 is 3.05. The molecule has 0 aliphatic rings. The molecule has 2 aromatic rings. The second-order valence-corrected chi connectivity index (χ2v) is 4.23. The molecule has 13 heavy (non-hydrogen) atoms. The lowest BCUT2D eigenvalue weighted by Gasteiger charge is -1.98. The van der Waals surface area contributed by atoms with E-state index in [9.17, 15) is 0 Å². The molecule has 0 saturated carbocycles. The minimum absolute atomic E-state index is 0.583. The van der Waals surface area contributed by atoms with E-state index in [-0.39, 0.29) is 0 Å². The highest BCUT2D eigenvalue weighted by atomic mass is 35.5. The Labute approximate surface area is 84.9 Å². The third kappa shape index (κ3) is 1.38. The van der Waals surface area contributed by atoms with Crippen LogP contribution in [0.3, 0.4) is 0 Å². The molecule has 0 spiro atoms. The van der Waals surface area contributed by atoms with Gasteiger partial charge < -0.3 is 4.57 Å². The molecule has 0 unspecified atom stereocenters. The first kappa shape index (κ1) is 8.78. The Morgan fingerprint density at radius 2 is 2.31 bits per heavy atom. The van der Waals surface area contributed by atoms with Gasteiger partial charge in [-0.3, -0.25) is 5.41 Å². The average Bonchev–Trinajstić information content (AvgIpc) is 2.39. The number of thiazole rings is 1. The second kappa shape index (κ2) is 3.16. The summed E-state index contributed by atoms with van der Waals surface area (Å²) in [4.78, 5) is 0.583. The molecule has 2 nitrogen and oxygen atoms in total. The van der Waals surface area contributed by atoms with E-state index in [0.717, 1.165) is 21.8 Å². The number of halogens is 1. The van der Waals surface area contributed by atoms with E-state index in [2.05, 4.69) is 0 Å². The molecule has 68 valence electrons. The van der Waals surface area contributed by atoms with Crippen LogP contribution in [-0.2, 0) is 6.54 Å². The van der Waals surface area contributed by atoms with Crippen LogP contribution in [0.4, 0.5) is 0 Å². The number of nitrogens with one attached hydrogen (secondary N) is 1. The predicted molar refractivity (Wildman–Crippen MR) is 56.4 cm³/mol. The van der Waals surface area contributed by atoms with E-state index in [4.69, 9.17) is 17.0 Å². The Bertz CT molecular complexity index is 498. The molecular weight excluding hydrogens is 204 g/mol. The number of fused-ring (bicyclic) bond motifs is 1. The first-order chi connectivity index (χ1) is 6.22. The van der Waals surface area contributed by atoms with Gasteiger partial charge in [0.15, 0.2) is 4.80 Å². The van der Waals surface area contributed by atoms with Crippen molar-refractivity contribution in [2.24, 2.45) is 0 Å². The van der Waals surface area contributed by atoms with E-state index >= 15 is 0 Å². The van der Waals surface area contributed by atoms with Gasteiger partial charge in [0.05, 0.1) is 10.2 Å². The monoisotopic (exact) mass is 212 g/mol. The van der Waals surface area contributed by atoms with Crippen molar-refractivity contribution in [3.8, 4) is 0 Å². The smallest absolute Gasteiger partial charge is 0.182 e. The molecule has 0 atom stereocenters. The number of nitrogens with zero attached hydrogens (tertiary/aromatic N) is 1. The molecular formula is C9H9ClN2S. The van der Waals surface area contributed by atoms with Gasteiger partial charge in [0, 0.05) is 11.6 Å². The first-order valence-corrected chi connectivity index (χ1v) is 5.25. The lowest BCUT2D eigenvalue weighted by Crippen LogP contribution is -2.10. The summed E-state index contributed by atoms with van der Waals surface area (Å²) in [6.45, 7) is 2.87. The number of hydrogen-bond acceptors (Lipinski definition) is 2. The fourth-order valence-corrected chi connectivity index (χ4v) is 2.63. The van der Waals surface area contributed by atoms with Crippen LogP contribution in [-0.4, -0.2) is 4.57 Å². The van der Waals surface area contributed by atoms with Gasteiger partial charge in [-0.25, -0.2) is 0 Å². The van der Waals surface area contributed by atoms with Crippen LogP contribution in [0.25, 0.3) is 10.2 Å². The highest BCUT2D eigenvalue weighted by Gasteiger charge is 2.03. The number of benzene rings is 1. The van der Waals surface area contributed by atoms with Crippen molar-refractivity contribution in [1.29, 1.82) is 5.41 Å². The minimum Gasteiger partial charge on any atom is -0.317 e. The Balaban J connectivity index is 2.87. The lowest BCUT2D eigenvalue weighted by molar-refractivity contribution is 0.755. The third-order valence-electron chi connectivity index (χ3n) is 1.98. The molecule has 4 heteroatoms. The SMILES string of the molecule is CCn1c(=N)sc2cc(Cl)ccc21. The number of rotatable bonds is 1. The van der Waals surface area contributed by atoms with E-state index in [0.29, 0.717) is 4.80 Å². The van der Waals surface area contributed by atoms with Gasteiger partial charge >= 0.3 is 0 Å². The maximum atomic E-state index is 7.71. The molecule has 0 bridgehead atoms. The summed E-state index contributed by atoms with van der Waals surface area (Å²) in [7, 11) is 0. The van der Waals surface area contributed by atoms with Crippen LogP contribution in [0.1, 0.15) is 6.92 Å². The Morgan fingerprint density at radius 3 is 3.00 bits per heavy atom. The normalized spacial score (nSPS) is 10.9. The van der Waals surface area contributed by atoms with Crippen LogP contribution in [0.15, 0.2) is 18.2 Å². The Hall–Kier alpha value is -0.800. The predicted octanol–water partition coefficient (Wildman–Crippen LogP) is 2.86. The van der Waals surface area contributed by atoms with Gasteiger partial charge in [-0.15, -0.1) is 0 Å². The lowest BCUT2D eigenvalue weighted by atomic mass is 10.3. The van der Waals surface area contributed by atoms with Crippen molar-refractivity contribution >= 4 is 33.2 Å². The zero-order valence-electron chi connectivity index (χ0n) is 7.17. The fraction of sp³-hybridized carbons (Fsp3) is 0.222. The minimum atomic E-state index is 0.583. The topological polar surface area (TPSA) is 28.8 Å². The number of aromatic nitrogens is 1. The van der Waals surface area contributed by atoms with Crippen LogP contribution >= 0.6 is 22.9 Å². The van der Waals surface area contributed by atoms with E-state index in [1.165, 1.54) is 11.3 Å². The Kier molecular flexibility index (Phi) is 2.14. The molecule has 0 saturated heterocycles. The van der Waals surface area contributed by atoms with Gasteiger partial charge in [-0.1, -0.05) is 22.9 Å². The fourth-order valence-electron chi connectivity index (χ4n) is 1.38. The van der Waals surface area contributed by atoms with Crippen LogP contribution in [0.5, 0.6) is 0 Å². The molecule has 0 aliphatic carbocycles. The van der Waals surface area contributed by atoms with Gasteiger partial charge in [0.1, 0.15) is 0 Å². The summed E-state index contributed by atoms with van der Waals surface area (Å²) in [6.07, 6.45) is 0. The molecule has 0 amide bonds. The van der Waals surface area contributed by atoms with Crippen molar-refractivity contribution in [3.63, 3.8) is 0 Å². The average molecular weight is 213 g/mol. The summed E-state index contributed by atoms with van der Waals surface area (Å²) in [5.74, 6) is 0. The molecule has 1 heterocycles. The van der Waals surface area contributed by atoms with Crippen LogP contribution in [0, 0.1) is 5.41 Å². The van der Waals surface area contributed by atoms with E-state index in [1.54, 1.807) is 0 Å². The summed E-state index contributed by atoms with van der Waals surface area (Å²) >= 11 is 7.32. The highest BCUT2D eigenvalue weighted by molar-refractivity contribution is 7.16. The first-order valence-electron chi connectivity index (χ1n) is 4.06. The zero-order valence-corrected chi connectivity index (χ0v) is 8.75. The Morgan fingerprint density at radius 1 is 1.54 bits per heavy atom. The maximum absolute atomic E-state index is 7.71. The van der Waals surface area contributed by atoms with E-state index in [1.807, 2.05) is 29.7 Å². The molecule has 1 N–H and O–H groups in total. The summed E-state index contributed by atoms with van der Waals surface area (Å²) in [5.41, 5.74) is 1.10. The molecule has 0 aliphatic heterocycles. The second-order valence-electron chi connectivity index (χ2n) is 2.76. The van der Waals surface area contributed by atoms with E-state index < -0.39 is 0 Å². The largest absolute Gasteiger partial charge is 0.317 e. The van der Waals surface area contributed by atoms with Gasteiger partial charge in [0.2, 0.25) is 0 Å². The number of hydrogen-bond donors (Lipinski definition) is 1. The standard InChI is InChI=1S/C9H9ClN2S/c1-2-12-7-4-3-6(10)5-8(7)13-9(12)11/h3-5,11H,2H2,1H3. The van der Waals surface area contributed by atoms with Crippen molar-refractivity contribution in [2.75, 3.05) is 0 Å². The number of aryl methyl sites for hydroxylation is 1. The quantitative estimate of drug-likeness (QED) is 0.753. The molecule has 0 radical (unpaired) electrons.